The molecule has 0 fully saturated rings. The van der Waals surface area contributed by atoms with Crippen LogP contribution >= 0.6 is 0 Å². The standard InChI is InChI=1S/C9H23NOSi/c1-7-11-12(10-6,8(2)3)9(4)5/h8-10H,7H2,1-6H3. The van der Waals surface area contributed by atoms with E-state index in [4.69, 9.17) is 4.43 Å². The molecule has 2 nitrogen and oxygen atoms in total. The van der Waals surface area contributed by atoms with Gasteiger partial charge in [0.25, 0.3) is 8.48 Å². The zero-order valence-electron chi connectivity index (χ0n) is 9.27. The molecule has 0 rings (SSSR count). The van der Waals surface area contributed by atoms with E-state index < -0.39 is 8.48 Å². The zero-order chi connectivity index (χ0) is 9.78. The molecule has 0 aliphatic rings. The zero-order valence-corrected chi connectivity index (χ0v) is 10.3. The fraction of sp³-hybridized carbons (Fsp3) is 1.00. The first-order valence-corrected chi connectivity index (χ1v) is 6.90. The number of rotatable bonds is 5. The van der Waals surface area contributed by atoms with Gasteiger partial charge in [-0.1, -0.05) is 27.7 Å². The number of hydrogen-bond donors (Lipinski definition) is 1. The molecule has 3 heteroatoms. The Morgan fingerprint density at radius 2 is 1.58 bits per heavy atom. The van der Waals surface area contributed by atoms with Gasteiger partial charge in [0, 0.05) is 6.61 Å². The van der Waals surface area contributed by atoms with E-state index >= 15 is 0 Å². The summed E-state index contributed by atoms with van der Waals surface area (Å²) in [7, 11) is 0.355. The Labute approximate surface area is 77.9 Å². The summed E-state index contributed by atoms with van der Waals surface area (Å²) in [6, 6.07) is 0. The van der Waals surface area contributed by atoms with Gasteiger partial charge in [0.2, 0.25) is 0 Å². The molecule has 74 valence electrons. The van der Waals surface area contributed by atoms with Gasteiger partial charge in [-0.25, -0.2) is 0 Å². The highest BCUT2D eigenvalue weighted by Crippen LogP contribution is 2.30. The third-order valence-corrected chi connectivity index (χ3v) is 7.47. The summed E-state index contributed by atoms with van der Waals surface area (Å²) in [5.41, 5.74) is 1.25. The molecule has 0 aliphatic carbocycles. The van der Waals surface area contributed by atoms with Gasteiger partial charge in [0.05, 0.1) is 0 Å². The van der Waals surface area contributed by atoms with Gasteiger partial charge in [-0.2, -0.15) is 0 Å². The van der Waals surface area contributed by atoms with Gasteiger partial charge < -0.3 is 9.41 Å². The molecule has 0 spiro atoms. The Morgan fingerprint density at radius 3 is 1.67 bits per heavy atom. The Kier molecular flexibility index (Phi) is 5.05. The lowest BCUT2D eigenvalue weighted by atomic mass is 10.5. The highest BCUT2D eigenvalue weighted by atomic mass is 28.4. The summed E-state index contributed by atoms with van der Waals surface area (Å²) in [5, 5.41) is 0. The SMILES string of the molecule is CCO[Si](NC)(C(C)C)C(C)C. The lowest BCUT2D eigenvalue weighted by Gasteiger charge is -2.37. The molecule has 0 saturated carbocycles. The lowest BCUT2D eigenvalue weighted by molar-refractivity contribution is 0.296. The molecule has 0 aromatic rings. The molecule has 0 atom stereocenters. The van der Waals surface area contributed by atoms with Crippen molar-refractivity contribution in [3.63, 3.8) is 0 Å². The van der Waals surface area contributed by atoms with Crippen LogP contribution in [0.15, 0.2) is 0 Å². The van der Waals surface area contributed by atoms with Crippen LogP contribution in [0.1, 0.15) is 34.6 Å². The second-order valence-corrected chi connectivity index (χ2v) is 8.47. The van der Waals surface area contributed by atoms with Crippen LogP contribution in [-0.2, 0) is 4.43 Å². The molecule has 0 aromatic heterocycles. The van der Waals surface area contributed by atoms with Gasteiger partial charge in [-0.3, -0.25) is 0 Å². The first kappa shape index (κ1) is 12.1. The highest BCUT2D eigenvalue weighted by Gasteiger charge is 2.40. The Balaban J connectivity index is 4.51. The first-order valence-electron chi connectivity index (χ1n) is 4.84. The molecular weight excluding hydrogens is 166 g/mol. The molecule has 0 saturated heterocycles. The van der Waals surface area contributed by atoms with Crippen LogP contribution in [0.25, 0.3) is 0 Å². The second kappa shape index (κ2) is 4.99. The summed E-state index contributed by atoms with van der Waals surface area (Å²) in [6.07, 6.45) is 0. The summed E-state index contributed by atoms with van der Waals surface area (Å²) in [6.45, 7) is 11.9. The fourth-order valence-electron chi connectivity index (χ4n) is 1.89. The number of nitrogens with one attached hydrogen (secondary N) is 1. The largest absolute Gasteiger partial charge is 0.403 e. The van der Waals surface area contributed by atoms with Crippen molar-refractivity contribution in [2.45, 2.75) is 45.7 Å². The average Bonchev–Trinajstić information content (AvgIpc) is 1.98. The molecular formula is C9H23NOSi. The van der Waals surface area contributed by atoms with Crippen LogP contribution in [0, 0.1) is 0 Å². The number of hydrogen-bond acceptors (Lipinski definition) is 2. The third kappa shape index (κ3) is 2.31. The topological polar surface area (TPSA) is 21.3 Å². The average molecular weight is 189 g/mol. The monoisotopic (exact) mass is 189 g/mol. The van der Waals surface area contributed by atoms with Crippen LogP contribution in [0.3, 0.4) is 0 Å². The fourth-order valence-corrected chi connectivity index (χ4v) is 5.67. The van der Waals surface area contributed by atoms with Crippen LogP contribution in [0.5, 0.6) is 0 Å². The maximum absolute atomic E-state index is 5.93. The van der Waals surface area contributed by atoms with Crippen molar-refractivity contribution < 1.29 is 4.43 Å². The first-order chi connectivity index (χ1) is 5.51. The minimum atomic E-state index is -1.67. The molecule has 0 radical (unpaired) electrons. The summed E-state index contributed by atoms with van der Waals surface area (Å²) < 4.78 is 5.93. The van der Waals surface area contributed by atoms with E-state index in [9.17, 15) is 0 Å². The molecule has 0 aromatic carbocycles. The van der Waals surface area contributed by atoms with Crippen LogP contribution in [0.2, 0.25) is 11.1 Å². The van der Waals surface area contributed by atoms with Crippen molar-refractivity contribution >= 4 is 8.48 Å². The van der Waals surface area contributed by atoms with Crippen molar-refractivity contribution in [2.75, 3.05) is 13.7 Å². The van der Waals surface area contributed by atoms with E-state index in [-0.39, 0.29) is 0 Å². The van der Waals surface area contributed by atoms with Crippen LogP contribution in [0.4, 0.5) is 0 Å². The molecule has 12 heavy (non-hydrogen) atoms. The second-order valence-electron chi connectivity index (χ2n) is 3.79. The van der Waals surface area contributed by atoms with Crippen LogP contribution in [-0.4, -0.2) is 22.1 Å². The Bertz CT molecular complexity index is 118. The normalized spacial score (nSPS) is 13.0. The highest BCUT2D eigenvalue weighted by molar-refractivity contribution is 6.73. The minimum absolute atomic E-state index is 0.627. The van der Waals surface area contributed by atoms with Crippen molar-refractivity contribution in [3.05, 3.63) is 0 Å². The Morgan fingerprint density at radius 1 is 1.17 bits per heavy atom. The van der Waals surface area contributed by atoms with E-state index in [0.717, 1.165) is 6.61 Å². The molecule has 0 bridgehead atoms. The van der Waals surface area contributed by atoms with Crippen LogP contribution < -0.4 is 4.98 Å². The quantitative estimate of drug-likeness (QED) is 0.671. The lowest BCUT2D eigenvalue weighted by Crippen LogP contribution is -2.56. The smallest absolute Gasteiger partial charge is 0.273 e. The molecule has 0 aliphatic heterocycles. The van der Waals surface area contributed by atoms with Gasteiger partial charge in [-0.05, 0) is 25.1 Å². The molecule has 0 unspecified atom stereocenters. The molecule has 0 amide bonds. The van der Waals surface area contributed by atoms with E-state index in [0.29, 0.717) is 11.1 Å². The van der Waals surface area contributed by atoms with Crippen molar-refractivity contribution in [1.82, 2.24) is 4.98 Å². The maximum Gasteiger partial charge on any atom is 0.273 e. The molecule has 0 heterocycles. The predicted octanol–water partition coefficient (Wildman–Crippen LogP) is 2.50. The van der Waals surface area contributed by atoms with Crippen molar-refractivity contribution in [2.24, 2.45) is 0 Å². The van der Waals surface area contributed by atoms with Gasteiger partial charge in [-0.15, -0.1) is 0 Å². The Hall–Kier alpha value is 0.137. The van der Waals surface area contributed by atoms with E-state index in [1.165, 1.54) is 0 Å². The van der Waals surface area contributed by atoms with Gasteiger partial charge in [0.1, 0.15) is 0 Å². The minimum Gasteiger partial charge on any atom is -0.403 e. The van der Waals surface area contributed by atoms with E-state index in [1.54, 1.807) is 0 Å². The maximum atomic E-state index is 5.93. The third-order valence-electron chi connectivity index (χ3n) is 2.49. The summed E-state index contributed by atoms with van der Waals surface area (Å²) in [5.74, 6) is 0. The van der Waals surface area contributed by atoms with Crippen molar-refractivity contribution in [3.8, 4) is 0 Å². The van der Waals surface area contributed by atoms with Crippen molar-refractivity contribution in [1.29, 1.82) is 0 Å². The van der Waals surface area contributed by atoms with E-state index in [1.807, 2.05) is 7.05 Å². The van der Waals surface area contributed by atoms with Gasteiger partial charge >= 0.3 is 0 Å². The van der Waals surface area contributed by atoms with Gasteiger partial charge in [0.15, 0.2) is 0 Å². The summed E-state index contributed by atoms with van der Waals surface area (Å²) in [4.78, 5) is 3.43. The predicted molar refractivity (Wildman–Crippen MR) is 56.6 cm³/mol. The molecule has 1 N–H and O–H groups in total. The van der Waals surface area contributed by atoms with E-state index in [2.05, 4.69) is 39.6 Å². The summed E-state index contributed by atoms with van der Waals surface area (Å²) >= 11 is 0.